The van der Waals surface area contributed by atoms with Crippen molar-refractivity contribution in [1.29, 1.82) is 0 Å². The van der Waals surface area contributed by atoms with Crippen LogP contribution < -0.4 is 5.32 Å². The zero-order chi connectivity index (χ0) is 13.2. The molecule has 0 spiro atoms. The number of hydrogen-bond donors (Lipinski definition) is 2. The summed E-state index contributed by atoms with van der Waals surface area (Å²) in [5, 5.41) is 8.05. The quantitative estimate of drug-likeness (QED) is 0.840. The minimum absolute atomic E-state index is 0.264. The molecule has 0 aromatic carbocycles. The van der Waals surface area contributed by atoms with Gasteiger partial charge in [0.25, 0.3) is 0 Å². The van der Waals surface area contributed by atoms with Crippen LogP contribution in [0.1, 0.15) is 32.4 Å². The summed E-state index contributed by atoms with van der Waals surface area (Å²) in [5.41, 5.74) is 0.882. The number of aromatic amines is 1. The Morgan fingerprint density at radius 3 is 2.41 bits per heavy atom. The fraction of sp³-hybridized carbons (Fsp3) is 0.600. The Bertz CT molecular complexity index is 505. The SMILES string of the molecule is CC(C)c1cc(NC(=O)C(C)S(C)(=O)=O)n[nH]1. The second-order valence-electron chi connectivity index (χ2n) is 4.32. The van der Waals surface area contributed by atoms with Crippen molar-refractivity contribution >= 4 is 21.6 Å². The van der Waals surface area contributed by atoms with E-state index in [4.69, 9.17) is 0 Å². The Morgan fingerprint density at radius 1 is 1.41 bits per heavy atom. The average Bonchev–Trinajstić information content (AvgIpc) is 2.63. The lowest BCUT2D eigenvalue weighted by molar-refractivity contribution is -0.115. The van der Waals surface area contributed by atoms with E-state index in [-0.39, 0.29) is 5.92 Å². The molecule has 0 bridgehead atoms. The lowest BCUT2D eigenvalue weighted by Crippen LogP contribution is -2.31. The number of nitrogens with one attached hydrogen (secondary N) is 2. The number of aromatic nitrogens is 2. The highest BCUT2D eigenvalue weighted by Crippen LogP contribution is 2.15. The van der Waals surface area contributed by atoms with E-state index in [0.717, 1.165) is 11.9 Å². The van der Waals surface area contributed by atoms with Crippen molar-refractivity contribution in [1.82, 2.24) is 10.2 Å². The fourth-order valence-corrected chi connectivity index (χ4v) is 1.57. The zero-order valence-corrected chi connectivity index (χ0v) is 11.1. The van der Waals surface area contributed by atoms with Crippen LogP contribution in [0.4, 0.5) is 5.82 Å². The number of anilines is 1. The van der Waals surface area contributed by atoms with Crippen LogP contribution in [0, 0.1) is 0 Å². The van der Waals surface area contributed by atoms with Gasteiger partial charge in [0.1, 0.15) is 5.25 Å². The summed E-state index contributed by atoms with van der Waals surface area (Å²) >= 11 is 0. The van der Waals surface area contributed by atoms with Gasteiger partial charge in [0.05, 0.1) is 0 Å². The van der Waals surface area contributed by atoms with Crippen molar-refractivity contribution in [2.75, 3.05) is 11.6 Å². The maximum atomic E-state index is 11.6. The van der Waals surface area contributed by atoms with E-state index >= 15 is 0 Å². The minimum Gasteiger partial charge on any atom is -0.308 e. The summed E-state index contributed by atoms with van der Waals surface area (Å²) in [4.78, 5) is 11.6. The number of rotatable bonds is 4. The molecule has 0 aliphatic rings. The Hall–Kier alpha value is -1.37. The van der Waals surface area contributed by atoms with Crippen LogP contribution in [0.15, 0.2) is 6.07 Å². The number of hydrogen-bond acceptors (Lipinski definition) is 4. The first-order valence-electron chi connectivity index (χ1n) is 5.27. The maximum absolute atomic E-state index is 11.6. The fourth-order valence-electron chi connectivity index (χ4n) is 1.12. The number of carbonyl (C=O) groups is 1. The molecule has 96 valence electrons. The molecule has 1 aromatic rings. The van der Waals surface area contributed by atoms with Gasteiger partial charge < -0.3 is 5.32 Å². The molecule has 1 unspecified atom stereocenters. The molecule has 0 saturated carbocycles. The molecule has 7 heteroatoms. The van der Waals surface area contributed by atoms with Crippen LogP contribution in [0.25, 0.3) is 0 Å². The molecule has 0 aliphatic carbocycles. The molecular formula is C10H17N3O3S. The van der Waals surface area contributed by atoms with Crippen LogP contribution in [-0.4, -0.2) is 36.0 Å². The van der Waals surface area contributed by atoms with Crippen molar-refractivity contribution in [2.45, 2.75) is 31.9 Å². The van der Waals surface area contributed by atoms with E-state index in [2.05, 4.69) is 15.5 Å². The molecule has 0 saturated heterocycles. The largest absolute Gasteiger partial charge is 0.308 e. The average molecular weight is 259 g/mol. The molecule has 0 aliphatic heterocycles. The zero-order valence-electron chi connectivity index (χ0n) is 10.3. The molecular weight excluding hydrogens is 242 g/mol. The number of amides is 1. The Labute approximate surface area is 101 Å². The molecule has 1 rings (SSSR count). The molecule has 1 aromatic heterocycles. The highest BCUT2D eigenvalue weighted by molar-refractivity contribution is 7.92. The van der Waals surface area contributed by atoms with E-state index < -0.39 is 21.0 Å². The number of carbonyl (C=O) groups excluding carboxylic acids is 1. The standard InChI is InChI=1S/C10H17N3O3S/c1-6(2)8-5-9(13-12-8)11-10(14)7(3)17(4,15)16/h5-7H,1-4H3,(H2,11,12,13,14). The number of nitrogens with zero attached hydrogens (tertiary/aromatic N) is 1. The van der Waals surface area contributed by atoms with Crippen molar-refractivity contribution < 1.29 is 13.2 Å². The van der Waals surface area contributed by atoms with Gasteiger partial charge in [-0.3, -0.25) is 9.89 Å². The number of H-pyrrole nitrogens is 1. The van der Waals surface area contributed by atoms with Crippen LogP contribution >= 0.6 is 0 Å². The Morgan fingerprint density at radius 2 is 2.00 bits per heavy atom. The van der Waals surface area contributed by atoms with Gasteiger partial charge in [0.2, 0.25) is 5.91 Å². The van der Waals surface area contributed by atoms with Crippen LogP contribution in [0.3, 0.4) is 0 Å². The van der Waals surface area contributed by atoms with Gasteiger partial charge >= 0.3 is 0 Å². The Kier molecular flexibility index (Phi) is 3.92. The molecule has 2 N–H and O–H groups in total. The monoisotopic (exact) mass is 259 g/mol. The van der Waals surface area contributed by atoms with Crippen molar-refractivity contribution in [2.24, 2.45) is 0 Å². The first-order valence-corrected chi connectivity index (χ1v) is 7.22. The van der Waals surface area contributed by atoms with E-state index in [9.17, 15) is 13.2 Å². The summed E-state index contributed by atoms with van der Waals surface area (Å²) in [6.45, 7) is 5.32. The van der Waals surface area contributed by atoms with Gasteiger partial charge in [0.15, 0.2) is 15.7 Å². The summed E-state index contributed by atoms with van der Waals surface area (Å²) in [6, 6.07) is 1.69. The highest BCUT2D eigenvalue weighted by atomic mass is 32.2. The lowest BCUT2D eigenvalue weighted by Gasteiger charge is -2.07. The number of sulfone groups is 1. The topological polar surface area (TPSA) is 91.9 Å². The van der Waals surface area contributed by atoms with Crippen molar-refractivity contribution in [3.63, 3.8) is 0 Å². The van der Waals surface area contributed by atoms with Gasteiger partial charge in [-0.15, -0.1) is 0 Å². The third kappa shape index (κ3) is 3.55. The molecule has 17 heavy (non-hydrogen) atoms. The molecule has 0 radical (unpaired) electrons. The summed E-state index contributed by atoms with van der Waals surface area (Å²) in [7, 11) is -3.38. The predicted molar refractivity (Wildman–Crippen MR) is 65.6 cm³/mol. The summed E-state index contributed by atoms with van der Waals surface area (Å²) in [5.74, 6) is 0.0315. The third-order valence-corrected chi connectivity index (χ3v) is 3.98. The van der Waals surface area contributed by atoms with E-state index in [1.54, 1.807) is 6.07 Å². The highest BCUT2D eigenvalue weighted by Gasteiger charge is 2.24. The van der Waals surface area contributed by atoms with Gasteiger partial charge in [-0.25, -0.2) is 8.42 Å². The van der Waals surface area contributed by atoms with E-state index in [1.165, 1.54) is 6.92 Å². The first-order chi connectivity index (χ1) is 7.71. The Balaban J connectivity index is 2.75. The third-order valence-electron chi connectivity index (χ3n) is 2.48. The second kappa shape index (κ2) is 4.87. The normalized spacial score (nSPS) is 13.7. The lowest BCUT2D eigenvalue weighted by atomic mass is 10.1. The second-order valence-corrected chi connectivity index (χ2v) is 6.69. The minimum atomic E-state index is -3.38. The summed E-state index contributed by atoms with van der Waals surface area (Å²) < 4.78 is 22.4. The summed E-state index contributed by atoms with van der Waals surface area (Å²) in [6.07, 6.45) is 1.03. The van der Waals surface area contributed by atoms with Gasteiger partial charge in [0, 0.05) is 18.0 Å². The van der Waals surface area contributed by atoms with E-state index in [1.807, 2.05) is 13.8 Å². The first kappa shape index (κ1) is 13.7. The smallest absolute Gasteiger partial charge is 0.243 e. The van der Waals surface area contributed by atoms with Gasteiger partial charge in [-0.1, -0.05) is 13.8 Å². The van der Waals surface area contributed by atoms with E-state index in [0.29, 0.717) is 5.82 Å². The van der Waals surface area contributed by atoms with Crippen molar-refractivity contribution in [3.05, 3.63) is 11.8 Å². The predicted octanol–water partition coefficient (Wildman–Crippen LogP) is 0.905. The van der Waals surface area contributed by atoms with Gasteiger partial charge in [-0.2, -0.15) is 5.10 Å². The van der Waals surface area contributed by atoms with Crippen LogP contribution in [0.5, 0.6) is 0 Å². The van der Waals surface area contributed by atoms with Gasteiger partial charge in [-0.05, 0) is 12.8 Å². The van der Waals surface area contributed by atoms with Crippen LogP contribution in [-0.2, 0) is 14.6 Å². The molecule has 6 nitrogen and oxygen atoms in total. The molecule has 1 heterocycles. The molecule has 1 atom stereocenters. The maximum Gasteiger partial charge on any atom is 0.243 e. The van der Waals surface area contributed by atoms with Crippen molar-refractivity contribution in [3.8, 4) is 0 Å². The molecule has 0 fully saturated rings. The molecule has 1 amide bonds. The van der Waals surface area contributed by atoms with Crippen LogP contribution in [0.2, 0.25) is 0 Å².